The second kappa shape index (κ2) is 4.79. The first-order chi connectivity index (χ1) is 9.15. The Bertz CT molecular complexity index is 738. The van der Waals surface area contributed by atoms with Crippen LogP contribution in [0, 0.1) is 5.82 Å². The van der Waals surface area contributed by atoms with Crippen molar-refractivity contribution < 1.29 is 8.81 Å². The first-order valence-corrected chi connectivity index (χ1v) is 6.63. The summed E-state index contributed by atoms with van der Waals surface area (Å²) in [5.41, 5.74) is 7.33. The summed E-state index contributed by atoms with van der Waals surface area (Å²) in [6.07, 6.45) is 0. The Morgan fingerprint density at radius 1 is 1.11 bits per heavy atom. The van der Waals surface area contributed by atoms with E-state index in [9.17, 15) is 4.39 Å². The van der Waals surface area contributed by atoms with Crippen LogP contribution in [0.5, 0.6) is 0 Å². The molecule has 3 rings (SSSR count). The number of hydrogen-bond acceptors (Lipinski definition) is 2. The summed E-state index contributed by atoms with van der Waals surface area (Å²) in [5.74, 6) is 0.184. The van der Waals surface area contributed by atoms with Crippen molar-refractivity contribution >= 4 is 26.9 Å². The van der Waals surface area contributed by atoms with Gasteiger partial charge in [-0.2, -0.15) is 0 Å². The Kier molecular flexibility index (Phi) is 3.12. The highest BCUT2D eigenvalue weighted by Crippen LogP contribution is 2.29. The lowest BCUT2D eigenvalue weighted by atomic mass is 10.1. The predicted octanol–water partition coefficient (Wildman–Crippen LogP) is 4.38. The maximum atomic E-state index is 13.6. The SMILES string of the molecule is NC(c1cccc(Br)c1)c1cc2cccc(F)c2o1. The molecule has 0 amide bonds. The van der Waals surface area contributed by atoms with Crippen LogP contribution in [0.25, 0.3) is 11.0 Å². The van der Waals surface area contributed by atoms with E-state index in [1.807, 2.05) is 24.3 Å². The topological polar surface area (TPSA) is 39.2 Å². The molecule has 0 fully saturated rings. The number of hydrogen-bond donors (Lipinski definition) is 1. The largest absolute Gasteiger partial charge is 0.456 e. The van der Waals surface area contributed by atoms with E-state index in [2.05, 4.69) is 15.9 Å². The first kappa shape index (κ1) is 12.4. The molecule has 1 unspecified atom stereocenters. The molecule has 4 heteroatoms. The molecular weight excluding hydrogens is 309 g/mol. The van der Waals surface area contributed by atoms with Crippen LogP contribution in [0.4, 0.5) is 4.39 Å². The number of para-hydroxylation sites is 1. The summed E-state index contributed by atoms with van der Waals surface area (Å²) in [6, 6.07) is 13.9. The Morgan fingerprint density at radius 2 is 1.89 bits per heavy atom. The lowest BCUT2D eigenvalue weighted by Crippen LogP contribution is -2.10. The number of benzene rings is 2. The highest BCUT2D eigenvalue weighted by atomic mass is 79.9. The zero-order valence-corrected chi connectivity index (χ0v) is 11.5. The predicted molar refractivity (Wildman–Crippen MR) is 76.3 cm³/mol. The van der Waals surface area contributed by atoms with Gasteiger partial charge in [-0.25, -0.2) is 4.39 Å². The van der Waals surface area contributed by atoms with Gasteiger partial charge in [-0.15, -0.1) is 0 Å². The van der Waals surface area contributed by atoms with Gasteiger partial charge in [0.15, 0.2) is 11.4 Å². The third-order valence-electron chi connectivity index (χ3n) is 3.03. The van der Waals surface area contributed by atoms with E-state index < -0.39 is 6.04 Å². The Hall–Kier alpha value is -1.65. The normalized spacial score (nSPS) is 12.8. The van der Waals surface area contributed by atoms with Crippen LogP contribution in [0.15, 0.2) is 57.4 Å². The van der Waals surface area contributed by atoms with Crippen LogP contribution < -0.4 is 5.73 Å². The van der Waals surface area contributed by atoms with Gasteiger partial charge < -0.3 is 10.2 Å². The molecular formula is C15H11BrFNO. The molecule has 2 N–H and O–H groups in total. The number of fused-ring (bicyclic) bond motifs is 1. The van der Waals surface area contributed by atoms with E-state index in [0.717, 1.165) is 15.4 Å². The molecule has 1 aromatic heterocycles. The van der Waals surface area contributed by atoms with E-state index in [1.54, 1.807) is 18.2 Å². The van der Waals surface area contributed by atoms with Gasteiger partial charge in [0.1, 0.15) is 5.76 Å². The highest BCUT2D eigenvalue weighted by Gasteiger charge is 2.16. The summed E-state index contributed by atoms with van der Waals surface area (Å²) < 4.78 is 20.1. The average molecular weight is 320 g/mol. The number of nitrogens with two attached hydrogens (primary N) is 1. The molecule has 0 aliphatic rings. The lowest BCUT2D eigenvalue weighted by Gasteiger charge is -2.09. The van der Waals surface area contributed by atoms with Gasteiger partial charge in [0, 0.05) is 9.86 Å². The minimum Gasteiger partial charge on any atom is -0.456 e. The molecule has 0 spiro atoms. The monoisotopic (exact) mass is 319 g/mol. The van der Waals surface area contributed by atoms with Crippen LogP contribution >= 0.6 is 15.9 Å². The number of furan rings is 1. The number of rotatable bonds is 2. The smallest absolute Gasteiger partial charge is 0.169 e. The summed E-state index contributed by atoms with van der Waals surface area (Å²) in [7, 11) is 0. The molecule has 0 saturated heterocycles. The lowest BCUT2D eigenvalue weighted by molar-refractivity contribution is 0.502. The van der Waals surface area contributed by atoms with Crippen molar-refractivity contribution in [2.24, 2.45) is 5.73 Å². The van der Waals surface area contributed by atoms with Crippen molar-refractivity contribution in [2.45, 2.75) is 6.04 Å². The fraction of sp³-hybridized carbons (Fsp3) is 0.0667. The fourth-order valence-electron chi connectivity index (χ4n) is 2.07. The van der Waals surface area contributed by atoms with Gasteiger partial charge in [-0.3, -0.25) is 0 Å². The molecule has 0 aliphatic carbocycles. The van der Waals surface area contributed by atoms with Gasteiger partial charge in [0.25, 0.3) is 0 Å². The van der Waals surface area contributed by atoms with E-state index in [0.29, 0.717) is 5.76 Å². The van der Waals surface area contributed by atoms with E-state index in [1.165, 1.54) is 6.07 Å². The van der Waals surface area contributed by atoms with Crippen molar-refractivity contribution in [3.05, 3.63) is 70.1 Å². The molecule has 1 atom stereocenters. The van der Waals surface area contributed by atoms with Gasteiger partial charge in [0.05, 0.1) is 6.04 Å². The molecule has 2 aromatic carbocycles. The zero-order chi connectivity index (χ0) is 13.4. The van der Waals surface area contributed by atoms with Crippen LogP contribution in [-0.2, 0) is 0 Å². The van der Waals surface area contributed by atoms with Gasteiger partial charge in [0.2, 0.25) is 0 Å². The second-order valence-corrected chi connectivity index (χ2v) is 5.26. The Balaban J connectivity index is 2.06. The van der Waals surface area contributed by atoms with Gasteiger partial charge in [-0.1, -0.05) is 40.2 Å². The molecule has 96 valence electrons. The van der Waals surface area contributed by atoms with Crippen LogP contribution in [0.2, 0.25) is 0 Å². The van der Waals surface area contributed by atoms with E-state index in [-0.39, 0.29) is 11.4 Å². The maximum Gasteiger partial charge on any atom is 0.169 e. The van der Waals surface area contributed by atoms with E-state index in [4.69, 9.17) is 10.2 Å². The average Bonchev–Trinajstić information content (AvgIpc) is 2.83. The van der Waals surface area contributed by atoms with Crippen molar-refractivity contribution in [3.8, 4) is 0 Å². The third kappa shape index (κ3) is 2.29. The Labute approximate surface area is 118 Å². The molecule has 1 heterocycles. The van der Waals surface area contributed by atoms with Gasteiger partial charge in [-0.05, 0) is 29.8 Å². The minimum absolute atomic E-state index is 0.253. The minimum atomic E-state index is -0.413. The summed E-state index contributed by atoms with van der Waals surface area (Å²) in [4.78, 5) is 0. The molecule has 2 nitrogen and oxygen atoms in total. The number of halogens is 2. The van der Waals surface area contributed by atoms with Crippen LogP contribution in [0.3, 0.4) is 0 Å². The standard InChI is InChI=1S/C15H11BrFNO/c16-11-5-1-3-9(7-11)14(18)13-8-10-4-2-6-12(17)15(10)19-13/h1-8,14H,18H2. The quantitative estimate of drug-likeness (QED) is 0.761. The van der Waals surface area contributed by atoms with E-state index >= 15 is 0 Å². The molecule has 0 radical (unpaired) electrons. The second-order valence-electron chi connectivity index (χ2n) is 4.34. The molecule has 0 aliphatic heterocycles. The maximum absolute atomic E-state index is 13.6. The molecule has 19 heavy (non-hydrogen) atoms. The van der Waals surface area contributed by atoms with Crippen molar-refractivity contribution in [2.75, 3.05) is 0 Å². The van der Waals surface area contributed by atoms with Crippen molar-refractivity contribution in [1.29, 1.82) is 0 Å². The Morgan fingerprint density at radius 3 is 2.63 bits per heavy atom. The molecule has 0 saturated carbocycles. The first-order valence-electron chi connectivity index (χ1n) is 5.84. The molecule has 0 bridgehead atoms. The summed E-state index contributed by atoms with van der Waals surface area (Å²) in [5, 5.41) is 0.723. The van der Waals surface area contributed by atoms with Crippen LogP contribution in [-0.4, -0.2) is 0 Å². The summed E-state index contributed by atoms with van der Waals surface area (Å²) >= 11 is 3.40. The van der Waals surface area contributed by atoms with Crippen molar-refractivity contribution in [1.82, 2.24) is 0 Å². The highest BCUT2D eigenvalue weighted by molar-refractivity contribution is 9.10. The summed E-state index contributed by atoms with van der Waals surface area (Å²) in [6.45, 7) is 0. The van der Waals surface area contributed by atoms with Gasteiger partial charge >= 0.3 is 0 Å². The molecule has 3 aromatic rings. The van der Waals surface area contributed by atoms with Crippen molar-refractivity contribution in [3.63, 3.8) is 0 Å². The van der Waals surface area contributed by atoms with Crippen LogP contribution in [0.1, 0.15) is 17.4 Å². The third-order valence-corrected chi connectivity index (χ3v) is 3.52. The fourth-order valence-corrected chi connectivity index (χ4v) is 2.48. The zero-order valence-electron chi connectivity index (χ0n) is 9.94.